The van der Waals surface area contributed by atoms with Crippen molar-refractivity contribution in [2.75, 3.05) is 0 Å². The Hall–Kier alpha value is -2.36. The molecule has 0 aliphatic heterocycles. The second kappa shape index (κ2) is 6.41. The monoisotopic (exact) mass is 293 g/mol. The first kappa shape index (κ1) is 15.5. The van der Waals surface area contributed by atoms with E-state index in [9.17, 15) is 0 Å². The molecule has 0 saturated heterocycles. The summed E-state index contributed by atoms with van der Waals surface area (Å²) < 4.78 is 0. The maximum atomic E-state index is 5.75. The molecule has 3 heterocycles. The van der Waals surface area contributed by atoms with Crippen LogP contribution in [-0.2, 0) is 0 Å². The molecule has 0 N–H and O–H groups in total. The summed E-state index contributed by atoms with van der Waals surface area (Å²) in [5, 5.41) is 0. The minimum atomic E-state index is -0.528. The number of aryl methyl sites for hydroxylation is 2. The van der Waals surface area contributed by atoms with Gasteiger partial charge in [-0.25, -0.2) is 4.98 Å². The van der Waals surface area contributed by atoms with Gasteiger partial charge >= 0.3 is 0 Å². The molecule has 0 amide bonds. The number of nitrogens with zero attached hydrogens (tertiary/aromatic N) is 3. The Balaban J connectivity index is 2.09. The van der Waals surface area contributed by atoms with E-state index in [2.05, 4.69) is 9.97 Å². The molecule has 0 saturated carbocycles. The molecule has 3 aromatic rings. The largest absolute Gasteiger partial charge is 0.255 e. The van der Waals surface area contributed by atoms with E-state index in [-0.39, 0.29) is 0 Å². The predicted molar refractivity (Wildman–Crippen MR) is 97.1 cm³/mol. The lowest BCUT2D eigenvalue weighted by Crippen LogP contribution is -2.31. The molecule has 0 aliphatic carbocycles. The van der Waals surface area contributed by atoms with Gasteiger partial charge in [-0.15, -0.1) is 0 Å². The van der Waals surface area contributed by atoms with Gasteiger partial charge in [0, 0.05) is 27.9 Å². The highest BCUT2D eigenvalue weighted by Gasteiger charge is 2.09. The van der Waals surface area contributed by atoms with Gasteiger partial charge in [-0.05, 0) is 55.3 Å². The van der Waals surface area contributed by atoms with Crippen LogP contribution in [-0.4, -0.2) is 36.9 Å². The van der Waals surface area contributed by atoms with Gasteiger partial charge in [0.25, 0.3) is 0 Å². The molecule has 106 valence electrons. The van der Waals surface area contributed by atoms with Crippen LogP contribution in [0.4, 0.5) is 0 Å². The highest BCUT2D eigenvalue weighted by atomic mass is 14.8. The zero-order chi connectivity index (χ0) is 16.4. The number of aromatic nitrogens is 3. The molecule has 6 heteroatoms. The average Bonchev–Trinajstić information content (AvgIpc) is 2.54. The molecule has 0 unspecified atom stereocenters. The second-order valence-corrected chi connectivity index (χ2v) is 5.63. The molecule has 0 atom stereocenters. The third kappa shape index (κ3) is 3.53. The van der Waals surface area contributed by atoms with Crippen LogP contribution in [0.2, 0.25) is 0 Å². The van der Waals surface area contributed by atoms with Gasteiger partial charge in [0.15, 0.2) is 0 Å². The molecule has 0 aliphatic rings. The Morgan fingerprint density at radius 2 is 1.30 bits per heavy atom. The van der Waals surface area contributed by atoms with Gasteiger partial charge in [0.2, 0.25) is 0 Å². The summed E-state index contributed by atoms with van der Waals surface area (Å²) in [5.74, 6) is 0. The van der Waals surface area contributed by atoms with Gasteiger partial charge in [0.05, 0.1) is 29.3 Å². The van der Waals surface area contributed by atoms with E-state index in [1.54, 1.807) is 12.4 Å². The maximum absolute atomic E-state index is 5.75. The topological polar surface area (TPSA) is 38.7 Å². The van der Waals surface area contributed by atoms with E-state index in [4.69, 9.17) is 20.5 Å². The van der Waals surface area contributed by atoms with Gasteiger partial charge in [-0.1, -0.05) is 11.5 Å². The van der Waals surface area contributed by atoms with Crippen LogP contribution >= 0.6 is 0 Å². The molecule has 23 heavy (non-hydrogen) atoms. The van der Waals surface area contributed by atoms with Crippen molar-refractivity contribution in [1.82, 2.24) is 15.0 Å². The summed E-state index contributed by atoms with van der Waals surface area (Å²) in [4.78, 5) is 13.5. The molecule has 0 bridgehead atoms. The molecule has 3 nitrogen and oxygen atoms in total. The summed E-state index contributed by atoms with van der Waals surface area (Å²) >= 11 is 0. The summed E-state index contributed by atoms with van der Waals surface area (Å²) in [6.07, 6.45) is 3.49. The van der Waals surface area contributed by atoms with Crippen molar-refractivity contribution < 1.29 is 0 Å². The SMILES string of the molecule is [B]B([B])c1ccnc(-c2cc(C)cc(-c3cc(C)ccn3)n2)c1. The maximum Gasteiger partial charge on any atom is 0.0897 e. The molecule has 0 fully saturated rings. The van der Waals surface area contributed by atoms with Crippen LogP contribution < -0.4 is 5.46 Å². The van der Waals surface area contributed by atoms with Crippen LogP contribution in [0.25, 0.3) is 22.8 Å². The van der Waals surface area contributed by atoms with Crippen LogP contribution in [0.15, 0.2) is 48.8 Å². The van der Waals surface area contributed by atoms with Crippen molar-refractivity contribution in [2.24, 2.45) is 0 Å². The van der Waals surface area contributed by atoms with Crippen molar-refractivity contribution in [1.29, 1.82) is 0 Å². The number of rotatable bonds is 3. The van der Waals surface area contributed by atoms with E-state index in [0.29, 0.717) is 0 Å². The normalized spacial score (nSPS) is 10.5. The first-order valence-corrected chi connectivity index (χ1v) is 7.42. The number of hydrogen-bond donors (Lipinski definition) is 0. The van der Waals surface area contributed by atoms with Crippen molar-refractivity contribution in [3.63, 3.8) is 0 Å². The van der Waals surface area contributed by atoms with Crippen LogP contribution in [0.5, 0.6) is 0 Å². The van der Waals surface area contributed by atoms with Gasteiger partial charge in [0.1, 0.15) is 0 Å². The minimum Gasteiger partial charge on any atom is -0.255 e. The fourth-order valence-corrected chi connectivity index (χ4v) is 2.40. The summed E-state index contributed by atoms with van der Waals surface area (Å²) in [7, 11) is 11.5. The fourth-order valence-electron chi connectivity index (χ4n) is 2.40. The Bertz CT molecular complexity index is 850. The zero-order valence-electron chi connectivity index (χ0n) is 13.2. The third-order valence-corrected chi connectivity index (χ3v) is 3.58. The average molecular weight is 293 g/mol. The Morgan fingerprint density at radius 1 is 0.739 bits per heavy atom. The first-order valence-electron chi connectivity index (χ1n) is 7.42. The van der Waals surface area contributed by atoms with E-state index in [1.165, 1.54) is 0 Å². The molecule has 0 aromatic carbocycles. The molecule has 0 spiro atoms. The van der Waals surface area contributed by atoms with Crippen molar-refractivity contribution >= 4 is 27.4 Å². The Labute approximate surface area is 139 Å². The summed E-state index contributed by atoms with van der Waals surface area (Å²) in [6, 6.07) is 11.7. The van der Waals surface area contributed by atoms with Crippen LogP contribution in [0, 0.1) is 13.8 Å². The standard InChI is InChI=1S/C17H14B3N3/c1-11-3-5-21-14(7-11)16-8-12(2)9-17(23-16)15-10-13(20(18)19)4-6-22-15/h3-10H,1-2H3. The van der Waals surface area contributed by atoms with Crippen molar-refractivity contribution in [3.8, 4) is 22.8 Å². The van der Waals surface area contributed by atoms with E-state index in [0.717, 1.165) is 39.4 Å². The molecular formula is C17H14B3N3. The third-order valence-electron chi connectivity index (χ3n) is 3.58. The van der Waals surface area contributed by atoms with Crippen LogP contribution in [0.1, 0.15) is 11.1 Å². The van der Waals surface area contributed by atoms with E-state index >= 15 is 0 Å². The summed E-state index contributed by atoms with van der Waals surface area (Å²) in [5.41, 5.74) is 6.28. The predicted octanol–water partition coefficient (Wildman–Crippen LogP) is 1.85. The Kier molecular flexibility index (Phi) is 4.33. The lowest BCUT2D eigenvalue weighted by molar-refractivity contribution is 1.20. The first-order chi connectivity index (χ1) is 11.0. The number of hydrogen-bond acceptors (Lipinski definition) is 3. The second-order valence-electron chi connectivity index (χ2n) is 5.63. The Morgan fingerprint density at radius 3 is 1.91 bits per heavy atom. The molecule has 3 aromatic heterocycles. The smallest absolute Gasteiger partial charge is 0.0897 e. The van der Waals surface area contributed by atoms with E-state index in [1.807, 2.05) is 50.2 Å². The summed E-state index contributed by atoms with van der Waals surface area (Å²) in [6.45, 7) is 3.54. The quantitative estimate of drug-likeness (QED) is 0.692. The van der Waals surface area contributed by atoms with Gasteiger partial charge in [-0.3, -0.25) is 9.97 Å². The molecular weight excluding hydrogens is 279 g/mol. The molecule has 3 rings (SSSR count). The highest BCUT2D eigenvalue weighted by molar-refractivity contribution is 7.35. The lowest BCUT2D eigenvalue weighted by atomic mass is 9.17. The minimum absolute atomic E-state index is 0.528. The van der Waals surface area contributed by atoms with Crippen LogP contribution in [0.3, 0.4) is 0 Å². The lowest BCUT2D eigenvalue weighted by Gasteiger charge is -2.09. The fraction of sp³-hybridized carbons (Fsp3) is 0.118. The van der Waals surface area contributed by atoms with Gasteiger partial charge < -0.3 is 0 Å². The van der Waals surface area contributed by atoms with Gasteiger partial charge in [-0.2, -0.15) is 0 Å². The van der Waals surface area contributed by atoms with E-state index < -0.39 is 6.49 Å². The number of pyridine rings is 3. The zero-order valence-corrected chi connectivity index (χ0v) is 13.2. The highest BCUT2D eigenvalue weighted by Crippen LogP contribution is 2.22. The van der Waals surface area contributed by atoms with Crippen molar-refractivity contribution in [3.05, 3.63) is 59.9 Å². The molecule has 4 radical (unpaired) electrons. The van der Waals surface area contributed by atoms with Crippen molar-refractivity contribution in [2.45, 2.75) is 13.8 Å².